The van der Waals surface area contributed by atoms with Gasteiger partial charge in [0.05, 0.1) is 6.54 Å². The van der Waals surface area contributed by atoms with Crippen molar-refractivity contribution in [1.82, 2.24) is 15.5 Å². The molecule has 3 unspecified atom stereocenters. The van der Waals surface area contributed by atoms with Crippen molar-refractivity contribution in [3.8, 4) is 0 Å². The molecule has 1 aromatic heterocycles. The van der Waals surface area contributed by atoms with Crippen molar-refractivity contribution in [3.05, 3.63) is 24.4 Å². The zero-order valence-electron chi connectivity index (χ0n) is 10.1. The van der Waals surface area contributed by atoms with Crippen LogP contribution in [-0.4, -0.2) is 16.7 Å². The average molecular weight is 233 g/mol. The fraction of sp³-hybridized carbons (Fsp3) is 0.692. The molecule has 0 saturated heterocycles. The lowest BCUT2D eigenvalue weighted by Gasteiger charge is -2.17. The molecule has 1 aromatic rings. The first-order chi connectivity index (χ1) is 8.36. The lowest BCUT2D eigenvalue weighted by molar-refractivity contribution is 0.347. The molecule has 1 heterocycles. The topological polar surface area (TPSA) is 51.0 Å². The lowest BCUT2D eigenvalue weighted by atomic mass is 9.88. The van der Waals surface area contributed by atoms with Crippen LogP contribution in [0.4, 0.5) is 0 Å². The van der Waals surface area contributed by atoms with E-state index in [0.29, 0.717) is 18.4 Å². The van der Waals surface area contributed by atoms with Crippen LogP contribution >= 0.6 is 0 Å². The Hall–Kier alpha value is -1.16. The first-order valence-electron chi connectivity index (χ1n) is 6.51. The van der Waals surface area contributed by atoms with Crippen molar-refractivity contribution in [3.63, 3.8) is 0 Å². The van der Waals surface area contributed by atoms with Gasteiger partial charge >= 0.3 is 0 Å². The summed E-state index contributed by atoms with van der Waals surface area (Å²) in [5.41, 5.74) is 0. The van der Waals surface area contributed by atoms with Crippen LogP contribution in [0.15, 0.2) is 17.2 Å². The number of aromatic nitrogens is 2. The fourth-order valence-electron chi connectivity index (χ4n) is 3.33. The zero-order valence-corrected chi connectivity index (χ0v) is 10.1. The number of hydrogen-bond acceptors (Lipinski definition) is 4. The summed E-state index contributed by atoms with van der Waals surface area (Å²) < 4.78 is 5.27. The van der Waals surface area contributed by atoms with E-state index >= 15 is 0 Å². The molecule has 4 nitrogen and oxygen atoms in total. The molecule has 1 N–H and O–H groups in total. The third-order valence-electron chi connectivity index (χ3n) is 4.12. The number of hydrogen-bond donors (Lipinski definition) is 1. The van der Waals surface area contributed by atoms with Crippen molar-refractivity contribution >= 4 is 0 Å². The molecule has 0 radical (unpaired) electrons. The highest BCUT2D eigenvalue weighted by molar-refractivity contribution is 5.06. The zero-order chi connectivity index (χ0) is 11.7. The van der Waals surface area contributed by atoms with Crippen LogP contribution in [0.3, 0.4) is 0 Å². The van der Waals surface area contributed by atoms with Crippen LogP contribution in [0.1, 0.15) is 43.3 Å². The minimum atomic E-state index is 0.561. The largest absolute Gasteiger partial charge is 0.338 e. The Labute approximate surface area is 101 Å². The van der Waals surface area contributed by atoms with Gasteiger partial charge in [0.1, 0.15) is 0 Å². The molecular weight excluding hydrogens is 214 g/mol. The first kappa shape index (κ1) is 11.0. The SMILES string of the molecule is C=CCNCc1nc(C2CC3CCC2C3)no1. The predicted octanol–water partition coefficient (Wildman–Crippen LogP) is 2.25. The van der Waals surface area contributed by atoms with Gasteiger partial charge in [-0.1, -0.05) is 17.7 Å². The average Bonchev–Trinajstić information content (AvgIpc) is 3.04. The highest BCUT2D eigenvalue weighted by Crippen LogP contribution is 2.52. The molecule has 2 saturated carbocycles. The summed E-state index contributed by atoms with van der Waals surface area (Å²) in [7, 11) is 0. The summed E-state index contributed by atoms with van der Waals surface area (Å²) in [4.78, 5) is 4.51. The molecule has 2 aliphatic carbocycles. The van der Waals surface area contributed by atoms with Crippen molar-refractivity contribution in [2.24, 2.45) is 11.8 Å². The monoisotopic (exact) mass is 233 g/mol. The molecule has 0 aromatic carbocycles. The van der Waals surface area contributed by atoms with Crippen LogP contribution in [0, 0.1) is 11.8 Å². The third-order valence-corrected chi connectivity index (χ3v) is 4.12. The normalized spacial score (nSPS) is 30.9. The number of fused-ring (bicyclic) bond motifs is 2. The Balaban J connectivity index is 1.62. The van der Waals surface area contributed by atoms with E-state index in [1.54, 1.807) is 0 Å². The molecule has 0 aliphatic heterocycles. The van der Waals surface area contributed by atoms with E-state index in [1.165, 1.54) is 25.7 Å². The predicted molar refractivity (Wildman–Crippen MR) is 64.4 cm³/mol. The molecule has 2 bridgehead atoms. The summed E-state index contributed by atoms with van der Waals surface area (Å²) in [6.07, 6.45) is 7.24. The Morgan fingerprint density at radius 1 is 1.41 bits per heavy atom. The summed E-state index contributed by atoms with van der Waals surface area (Å²) in [6, 6.07) is 0. The van der Waals surface area contributed by atoms with Crippen LogP contribution < -0.4 is 5.32 Å². The maximum absolute atomic E-state index is 5.27. The van der Waals surface area contributed by atoms with E-state index in [9.17, 15) is 0 Å². The second-order valence-corrected chi connectivity index (χ2v) is 5.25. The molecule has 3 atom stereocenters. The van der Waals surface area contributed by atoms with Crippen LogP contribution in [0.2, 0.25) is 0 Å². The Bertz CT molecular complexity index is 401. The molecule has 17 heavy (non-hydrogen) atoms. The number of rotatable bonds is 5. The van der Waals surface area contributed by atoms with Crippen molar-refractivity contribution in [2.45, 2.75) is 38.1 Å². The van der Waals surface area contributed by atoms with Gasteiger partial charge < -0.3 is 9.84 Å². The summed E-state index contributed by atoms with van der Waals surface area (Å²) >= 11 is 0. The van der Waals surface area contributed by atoms with E-state index in [1.807, 2.05) is 6.08 Å². The molecule has 0 amide bonds. The Morgan fingerprint density at radius 3 is 3.06 bits per heavy atom. The molecule has 4 heteroatoms. The van der Waals surface area contributed by atoms with E-state index in [2.05, 4.69) is 22.0 Å². The maximum atomic E-state index is 5.27. The molecule has 92 valence electrons. The van der Waals surface area contributed by atoms with E-state index < -0.39 is 0 Å². The van der Waals surface area contributed by atoms with Gasteiger partial charge in [-0.3, -0.25) is 0 Å². The molecule has 2 aliphatic rings. The Kier molecular flexibility index (Phi) is 2.97. The van der Waals surface area contributed by atoms with Gasteiger partial charge in [-0.15, -0.1) is 6.58 Å². The quantitative estimate of drug-likeness (QED) is 0.626. The van der Waals surface area contributed by atoms with Crippen molar-refractivity contribution in [1.29, 1.82) is 0 Å². The van der Waals surface area contributed by atoms with Gasteiger partial charge in [0.25, 0.3) is 0 Å². The molecule has 3 rings (SSSR count). The third kappa shape index (κ3) is 2.14. The maximum Gasteiger partial charge on any atom is 0.240 e. The van der Waals surface area contributed by atoms with Gasteiger partial charge in [-0.05, 0) is 31.1 Å². The fourth-order valence-corrected chi connectivity index (χ4v) is 3.33. The summed E-state index contributed by atoms with van der Waals surface area (Å²) in [5, 5.41) is 7.32. The molecular formula is C13H19N3O. The molecule has 0 spiro atoms. The minimum absolute atomic E-state index is 0.561. The van der Waals surface area contributed by atoms with Gasteiger partial charge in [0.2, 0.25) is 5.89 Å². The van der Waals surface area contributed by atoms with Crippen LogP contribution in [-0.2, 0) is 6.54 Å². The first-order valence-corrected chi connectivity index (χ1v) is 6.51. The number of nitrogens with zero attached hydrogens (tertiary/aromatic N) is 2. The van der Waals surface area contributed by atoms with Gasteiger partial charge in [-0.25, -0.2) is 0 Å². The van der Waals surface area contributed by atoms with E-state index in [4.69, 9.17) is 4.52 Å². The summed E-state index contributed by atoms with van der Waals surface area (Å²) in [6.45, 7) is 5.07. The van der Waals surface area contributed by atoms with E-state index in [-0.39, 0.29) is 0 Å². The van der Waals surface area contributed by atoms with Crippen molar-refractivity contribution < 1.29 is 4.52 Å². The highest BCUT2D eigenvalue weighted by atomic mass is 16.5. The van der Waals surface area contributed by atoms with Crippen LogP contribution in [0.25, 0.3) is 0 Å². The Morgan fingerprint density at radius 2 is 2.35 bits per heavy atom. The van der Waals surface area contributed by atoms with E-state index in [0.717, 1.165) is 24.2 Å². The second-order valence-electron chi connectivity index (χ2n) is 5.25. The highest BCUT2D eigenvalue weighted by Gasteiger charge is 2.42. The van der Waals surface area contributed by atoms with Gasteiger partial charge in [0.15, 0.2) is 5.82 Å². The number of nitrogens with one attached hydrogen (secondary N) is 1. The van der Waals surface area contributed by atoms with Gasteiger partial charge in [-0.2, -0.15) is 4.98 Å². The van der Waals surface area contributed by atoms with Crippen LogP contribution in [0.5, 0.6) is 0 Å². The standard InChI is InChI=1S/C13H19N3O/c1-2-5-14-8-12-15-13(16-17-12)11-7-9-3-4-10(11)6-9/h2,9-11,14H,1,3-8H2. The van der Waals surface area contributed by atoms with Gasteiger partial charge in [0, 0.05) is 12.5 Å². The molecule has 2 fully saturated rings. The summed E-state index contributed by atoms with van der Waals surface area (Å²) in [5.74, 6) is 3.93. The second kappa shape index (κ2) is 4.61. The minimum Gasteiger partial charge on any atom is -0.338 e. The van der Waals surface area contributed by atoms with Crippen molar-refractivity contribution in [2.75, 3.05) is 6.54 Å². The smallest absolute Gasteiger partial charge is 0.240 e. The lowest BCUT2D eigenvalue weighted by Crippen LogP contribution is -2.13.